The average molecular weight is 279 g/mol. The van der Waals surface area contributed by atoms with Gasteiger partial charge in [0, 0.05) is 19.1 Å². The molecule has 0 aliphatic carbocycles. The molecule has 1 amide bonds. The summed E-state index contributed by atoms with van der Waals surface area (Å²) >= 11 is 0. The fourth-order valence-corrected chi connectivity index (χ4v) is 2.56. The number of nitrogens with one attached hydrogen (secondary N) is 2. The van der Waals surface area contributed by atoms with Crippen LogP contribution >= 0.6 is 0 Å². The van der Waals surface area contributed by atoms with Crippen LogP contribution in [-0.2, 0) is 4.79 Å². The molecule has 0 aromatic heterocycles. The van der Waals surface area contributed by atoms with Crippen molar-refractivity contribution in [2.24, 2.45) is 0 Å². The minimum absolute atomic E-state index is 0.0549. The minimum Gasteiger partial charge on any atom is -0.356 e. The van der Waals surface area contributed by atoms with Gasteiger partial charge in [-0.3, -0.25) is 4.79 Å². The molecule has 5 heteroatoms. The van der Waals surface area contributed by atoms with Crippen LogP contribution in [0.2, 0.25) is 0 Å². The molecule has 2 unspecified atom stereocenters. The van der Waals surface area contributed by atoms with E-state index in [1.165, 1.54) is 0 Å². The Hall–Kier alpha value is -1.62. The molecule has 1 aliphatic heterocycles. The highest BCUT2D eigenvalue weighted by Crippen LogP contribution is 2.25. The summed E-state index contributed by atoms with van der Waals surface area (Å²) in [6.45, 7) is 7.85. The first kappa shape index (κ1) is 14.8. The molecule has 0 bridgehead atoms. The molecule has 2 N–H and O–H groups in total. The predicted molar refractivity (Wildman–Crippen MR) is 78.3 cm³/mol. The number of carbonyl (C=O) groups excluding carboxylic acids is 1. The van der Waals surface area contributed by atoms with E-state index in [0.29, 0.717) is 18.8 Å². The molecule has 2 atom stereocenters. The number of rotatable bonds is 4. The smallest absolute Gasteiger partial charge is 0.242 e. The van der Waals surface area contributed by atoms with E-state index in [-0.39, 0.29) is 23.8 Å². The van der Waals surface area contributed by atoms with Gasteiger partial charge >= 0.3 is 0 Å². The number of amides is 1. The first-order valence-corrected chi connectivity index (χ1v) is 7.11. The van der Waals surface area contributed by atoms with Crippen molar-refractivity contribution in [2.75, 3.05) is 24.5 Å². The van der Waals surface area contributed by atoms with Gasteiger partial charge in [-0.2, -0.15) is 0 Å². The van der Waals surface area contributed by atoms with E-state index in [1.54, 1.807) is 19.1 Å². The summed E-state index contributed by atoms with van der Waals surface area (Å²) in [6, 6.07) is 5.03. The number of anilines is 1. The zero-order chi connectivity index (χ0) is 14.7. The Labute approximate surface area is 119 Å². The van der Waals surface area contributed by atoms with E-state index >= 15 is 0 Å². The highest BCUT2D eigenvalue weighted by atomic mass is 19.1. The highest BCUT2D eigenvalue weighted by Gasteiger charge is 2.27. The molecule has 1 aliphatic rings. The van der Waals surface area contributed by atoms with Crippen molar-refractivity contribution in [3.63, 3.8) is 0 Å². The molecule has 110 valence electrons. The second kappa shape index (κ2) is 6.22. The minimum atomic E-state index is -0.338. The maximum Gasteiger partial charge on any atom is 0.242 e. The van der Waals surface area contributed by atoms with E-state index in [1.807, 2.05) is 24.8 Å². The van der Waals surface area contributed by atoms with Crippen molar-refractivity contribution in [3.8, 4) is 0 Å². The second-order valence-corrected chi connectivity index (χ2v) is 5.15. The lowest BCUT2D eigenvalue weighted by Crippen LogP contribution is -2.54. The van der Waals surface area contributed by atoms with Crippen LogP contribution in [0.4, 0.5) is 10.1 Å². The largest absolute Gasteiger partial charge is 0.356 e. The molecule has 1 heterocycles. The summed E-state index contributed by atoms with van der Waals surface area (Å²) < 4.78 is 14.3. The van der Waals surface area contributed by atoms with Crippen molar-refractivity contribution < 1.29 is 9.18 Å². The van der Waals surface area contributed by atoms with Gasteiger partial charge in [0.1, 0.15) is 11.9 Å². The number of benzene rings is 1. The van der Waals surface area contributed by atoms with E-state index in [9.17, 15) is 9.18 Å². The van der Waals surface area contributed by atoms with Crippen molar-refractivity contribution in [3.05, 3.63) is 29.6 Å². The van der Waals surface area contributed by atoms with Crippen LogP contribution in [-0.4, -0.2) is 31.6 Å². The lowest BCUT2D eigenvalue weighted by atomic mass is 10.1. The average Bonchev–Trinajstić information content (AvgIpc) is 2.42. The van der Waals surface area contributed by atoms with E-state index in [0.717, 1.165) is 12.1 Å². The number of nitrogens with zero attached hydrogens (tertiary/aromatic N) is 1. The van der Waals surface area contributed by atoms with Crippen molar-refractivity contribution >= 4 is 11.6 Å². The van der Waals surface area contributed by atoms with Crippen LogP contribution in [0.25, 0.3) is 0 Å². The van der Waals surface area contributed by atoms with Crippen molar-refractivity contribution in [1.82, 2.24) is 10.6 Å². The molecule has 1 aromatic carbocycles. The van der Waals surface area contributed by atoms with Crippen LogP contribution in [0.15, 0.2) is 18.2 Å². The molecule has 2 rings (SSSR count). The summed E-state index contributed by atoms with van der Waals surface area (Å²) in [4.78, 5) is 13.5. The van der Waals surface area contributed by atoms with Crippen LogP contribution in [0.5, 0.6) is 0 Å². The van der Waals surface area contributed by atoms with Gasteiger partial charge in [-0.1, -0.05) is 13.0 Å². The Morgan fingerprint density at radius 3 is 2.95 bits per heavy atom. The van der Waals surface area contributed by atoms with Crippen LogP contribution < -0.4 is 15.5 Å². The molecule has 0 spiro atoms. The maximum absolute atomic E-state index is 14.3. The number of hydrogen-bond donors (Lipinski definition) is 2. The third kappa shape index (κ3) is 2.93. The zero-order valence-electron chi connectivity index (χ0n) is 12.2. The Kier molecular flexibility index (Phi) is 4.60. The SMILES string of the molecule is CCNC(C)c1ccc(N2CCNC(=O)C2C)c(F)c1. The highest BCUT2D eigenvalue weighted by molar-refractivity contribution is 5.86. The molecule has 1 aromatic rings. The van der Waals surface area contributed by atoms with Crippen molar-refractivity contribution in [1.29, 1.82) is 0 Å². The van der Waals surface area contributed by atoms with Gasteiger partial charge in [0.25, 0.3) is 0 Å². The van der Waals surface area contributed by atoms with Gasteiger partial charge in [0.15, 0.2) is 0 Å². The van der Waals surface area contributed by atoms with Crippen LogP contribution in [0.3, 0.4) is 0 Å². The summed E-state index contributed by atoms with van der Waals surface area (Å²) in [6.07, 6.45) is 0. The van der Waals surface area contributed by atoms with Gasteiger partial charge in [-0.05, 0) is 38.1 Å². The first-order valence-electron chi connectivity index (χ1n) is 7.11. The van der Waals surface area contributed by atoms with E-state index < -0.39 is 0 Å². The lowest BCUT2D eigenvalue weighted by molar-refractivity contribution is -0.122. The normalized spacial score (nSPS) is 20.7. The molecule has 0 saturated carbocycles. The zero-order valence-corrected chi connectivity index (χ0v) is 12.2. The number of hydrogen-bond acceptors (Lipinski definition) is 3. The monoisotopic (exact) mass is 279 g/mol. The Balaban J connectivity index is 2.23. The summed E-state index contributed by atoms with van der Waals surface area (Å²) in [7, 11) is 0. The third-order valence-electron chi connectivity index (χ3n) is 3.79. The Morgan fingerprint density at radius 1 is 1.55 bits per heavy atom. The fraction of sp³-hybridized carbons (Fsp3) is 0.533. The van der Waals surface area contributed by atoms with Crippen molar-refractivity contribution in [2.45, 2.75) is 32.9 Å². The summed E-state index contributed by atoms with van der Waals surface area (Å²) in [5.74, 6) is -0.324. The molecule has 1 saturated heterocycles. The second-order valence-electron chi connectivity index (χ2n) is 5.15. The standard InChI is InChI=1S/C15H22FN3O/c1-4-17-10(2)12-5-6-14(13(16)9-12)19-8-7-18-15(20)11(19)3/h5-6,9-11,17H,4,7-8H2,1-3H3,(H,18,20). The first-order chi connectivity index (χ1) is 9.54. The number of carbonyl (C=O) groups is 1. The quantitative estimate of drug-likeness (QED) is 0.883. The summed E-state index contributed by atoms with van der Waals surface area (Å²) in [5.41, 5.74) is 1.42. The topological polar surface area (TPSA) is 44.4 Å². The number of halogens is 1. The summed E-state index contributed by atoms with van der Waals surface area (Å²) in [5, 5.41) is 6.04. The van der Waals surface area contributed by atoms with Gasteiger partial charge in [0.05, 0.1) is 5.69 Å². The molecule has 4 nitrogen and oxygen atoms in total. The lowest BCUT2D eigenvalue weighted by Gasteiger charge is -2.35. The van der Waals surface area contributed by atoms with Gasteiger partial charge in [-0.25, -0.2) is 4.39 Å². The fourth-order valence-electron chi connectivity index (χ4n) is 2.56. The number of piperazine rings is 1. The maximum atomic E-state index is 14.3. The predicted octanol–water partition coefficient (Wildman–Crippen LogP) is 1.82. The molecular formula is C15H22FN3O. The van der Waals surface area contributed by atoms with E-state index in [2.05, 4.69) is 10.6 Å². The molecule has 20 heavy (non-hydrogen) atoms. The van der Waals surface area contributed by atoms with Gasteiger partial charge in [-0.15, -0.1) is 0 Å². The van der Waals surface area contributed by atoms with Gasteiger partial charge in [0.2, 0.25) is 5.91 Å². The van der Waals surface area contributed by atoms with Gasteiger partial charge < -0.3 is 15.5 Å². The molecular weight excluding hydrogens is 257 g/mol. The Morgan fingerprint density at radius 2 is 2.30 bits per heavy atom. The van der Waals surface area contributed by atoms with Crippen LogP contribution in [0.1, 0.15) is 32.4 Å². The Bertz CT molecular complexity index is 492. The molecule has 0 radical (unpaired) electrons. The third-order valence-corrected chi connectivity index (χ3v) is 3.79. The van der Waals surface area contributed by atoms with Crippen LogP contribution in [0, 0.1) is 5.82 Å². The van der Waals surface area contributed by atoms with E-state index in [4.69, 9.17) is 0 Å². The molecule has 1 fully saturated rings.